The fraction of sp³-hybridized carbons (Fsp3) is 0.500. The van der Waals surface area contributed by atoms with Gasteiger partial charge in [-0.3, -0.25) is 4.57 Å². The Morgan fingerprint density at radius 1 is 0.862 bits per heavy atom. The zero-order chi connectivity index (χ0) is 21.6. The van der Waals surface area contributed by atoms with Gasteiger partial charge in [0, 0.05) is 23.5 Å². The maximum Gasteiger partial charge on any atom is 0.161 e. The molecule has 0 aliphatic rings. The van der Waals surface area contributed by atoms with Crippen LogP contribution in [0, 0.1) is 5.41 Å². The maximum atomic E-state index is 4.75. The molecule has 3 heteroatoms. The van der Waals surface area contributed by atoms with Crippen LogP contribution in [-0.4, -0.2) is 14.5 Å². The summed E-state index contributed by atoms with van der Waals surface area (Å²) in [6.07, 6.45) is 4.00. The highest BCUT2D eigenvalue weighted by atomic mass is 15.1. The van der Waals surface area contributed by atoms with Crippen molar-refractivity contribution in [2.24, 2.45) is 5.41 Å². The summed E-state index contributed by atoms with van der Waals surface area (Å²) < 4.78 is 2.27. The Labute approximate surface area is 176 Å². The van der Waals surface area contributed by atoms with Gasteiger partial charge >= 0.3 is 0 Å². The zero-order valence-corrected chi connectivity index (χ0v) is 19.6. The number of hydrogen-bond donors (Lipinski definition) is 1. The number of nitrogens with zero attached hydrogens (tertiary/aromatic N) is 2. The smallest absolute Gasteiger partial charge is 0.161 e. The van der Waals surface area contributed by atoms with Crippen molar-refractivity contribution in [2.45, 2.75) is 79.6 Å². The molecule has 3 nitrogen and oxygen atoms in total. The van der Waals surface area contributed by atoms with Gasteiger partial charge in [0.2, 0.25) is 0 Å². The van der Waals surface area contributed by atoms with Crippen molar-refractivity contribution in [3.63, 3.8) is 0 Å². The number of H-pyrrole nitrogens is 1. The van der Waals surface area contributed by atoms with E-state index in [-0.39, 0.29) is 10.8 Å². The van der Waals surface area contributed by atoms with E-state index in [1.807, 2.05) is 6.20 Å². The molecule has 0 saturated heterocycles. The van der Waals surface area contributed by atoms with E-state index in [0.717, 1.165) is 11.5 Å². The predicted octanol–water partition coefficient (Wildman–Crippen LogP) is 7.44. The first kappa shape index (κ1) is 21.4. The number of rotatable bonds is 5. The molecular formula is C26H37N3. The molecule has 3 aromatic rings. The lowest BCUT2D eigenvalue weighted by Crippen LogP contribution is -2.34. The molecule has 0 saturated carbocycles. The molecule has 0 amide bonds. The zero-order valence-electron chi connectivity index (χ0n) is 19.6. The Bertz CT molecular complexity index is 951. The fourth-order valence-electron chi connectivity index (χ4n) is 3.77. The van der Waals surface area contributed by atoms with Gasteiger partial charge in [-0.1, -0.05) is 80.5 Å². The number of imidazole rings is 1. The summed E-state index contributed by atoms with van der Waals surface area (Å²) in [5, 5.41) is 0. The average molecular weight is 392 g/mol. The van der Waals surface area contributed by atoms with Crippen LogP contribution in [0.1, 0.15) is 91.0 Å². The Morgan fingerprint density at radius 2 is 1.45 bits per heavy atom. The summed E-state index contributed by atoms with van der Waals surface area (Å²) in [4.78, 5) is 8.44. The number of nitrogens with one attached hydrogen (secondary N) is 1. The number of aromatic nitrogens is 3. The van der Waals surface area contributed by atoms with Crippen LogP contribution in [0.15, 0.2) is 42.7 Å². The van der Waals surface area contributed by atoms with Crippen LogP contribution in [0.3, 0.4) is 0 Å². The molecule has 1 aromatic carbocycles. The van der Waals surface area contributed by atoms with Crippen molar-refractivity contribution < 1.29 is 0 Å². The van der Waals surface area contributed by atoms with Gasteiger partial charge in [0.15, 0.2) is 5.82 Å². The summed E-state index contributed by atoms with van der Waals surface area (Å²) in [5.74, 6) is 1.85. The van der Waals surface area contributed by atoms with Gasteiger partial charge in [-0.25, -0.2) is 4.98 Å². The molecular weight excluding hydrogens is 354 g/mol. The Balaban J connectivity index is 2.16. The van der Waals surface area contributed by atoms with Crippen molar-refractivity contribution in [3.05, 3.63) is 59.5 Å². The Morgan fingerprint density at radius 3 is 1.97 bits per heavy atom. The average Bonchev–Trinajstić information content (AvgIpc) is 3.29. The molecule has 29 heavy (non-hydrogen) atoms. The van der Waals surface area contributed by atoms with Gasteiger partial charge in [0.1, 0.15) is 0 Å². The van der Waals surface area contributed by atoms with Crippen molar-refractivity contribution in [1.29, 1.82) is 0 Å². The van der Waals surface area contributed by atoms with Crippen LogP contribution in [0.2, 0.25) is 0 Å². The van der Waals surface area contributed by atoms with Gasteiger partial charge in [-0.05, 0) is 40.5 Å². The Kier molecular flexibility index (Phi) is 5.55. The largest absolute Gasteiger partial charge is 0.355 e. The van der Waals surface area contributed by atoms with Crippen molar-refractivity contribution in [2.75, 3.05) is 0 Å². The monoisotopic (exact) mass is 391 g/mol. The lowest BCUT2D eigenvalue weighted by molar-refractivity contribution is 0.220. The molecule has 2 heterocycles. The third kappa shape index (κ3) is 3.80. The number of para-hydroxylation sites is 1. The van der Waals surface area contributed by atoms with Crippen LogP contribution in [0.25, 0.3) is 17.2 Å². The topological polar surface area (TPSA) is 33.6 Å². The highest BCUT2D eigenvalue weighted by Gasteiger charge is 2.35. The highest BCUT2D eigenvalue weighted by molar-refractivity contribution is 5.60. The fourth-order valence-corrected chi connectivity index (χ4v) is 3.77. The molecule has 1 N–H and O–H groups in total. The second kappa shape index (κ2) is 7.51. The molecule has 0 spiro atoms. The van der Waals surface area contributed by atoms with Gasteiger partial charge in [0.05, 0.1) is 11.4 Å². The molecule has 0 bridgehead atoms. The first-order chi connectivity index (χ1) is 13.4. The van der Waals surface area contributed by atoms with Gasteiger partial charge < -0.3 is 4.98 Å². The second-order valence-electron chi connectivity index (χ2n) is 10.4. The SMILES string of the molecule is CC(C)c1cccc(C(C)C)c1-n1ccnc1-c1ccc(C(C)(C)C(C)(C)C)[nH]1. The quantitative estimate of drug-likeness (QED) is 0.482. The maximum absolute atomic E-state index is 4.75. The lowest BCUT2D eigenvalue weighted by Gasteiger charge is -2.38. The Hall–Kier alpha value is -2.29. The molecule has 0 unspecified atom stereocenters. The van der Waals surface area contributed by atoms with E-state index in [4.69, 9.17) is 4.98 Å². The summed E-state index contributed by atoms with van der Waals surface area (Å²) >= 11 is 0. The minimum atomic E-state index is 0.0294. The number of hydrogen-bond acceptors (Lipinski definition) is 1. The molecule has 0 fully saturated rings. The lowest BCUT2D eigenvalue weighted by atomic mass is 9.67. The van der Waals surface area contributed by atoms with E-state index in [1.54, 1.807) is 0 Å². The minimum absolute atomic E-state index is 0.0294. The van der Waals surface area contributed by atoms with Crippen molar-refractivity contribution >= 4 is 0 Å². The first-order valence-electron chi connectivity index (χ1n) is 10.8. The second-order valence-corrected chi connectivity index (χ2v) is 10.4. The van der Waals surface area contributed by atoms with Crippen LogP contribution >= 0.6 is 0 Å². The first-order valence-corrected chi connectivity index (χ1v) is 10.8. The summed E-state index contributed by atoms with van der Waals surface area (Å²) in [7, 11) is 0. The van der Waals surface area contributed by atoms with E-state index in [1.165, 1.54) is 22.5 Å². The molecule has 3 rings (SSSR count). The molecule has 0 radical (unpaired) electrons. The van der Waals surface area contributed by atoms with E-state index >= 15 is 0 Å². The normalized spacial score (nSPS) is 12.9. The van der Waals surface area contributed by atoms with Crippen molar-refractivity contribution in [1.82, 2.24) is 14.5 Å². The third-order valence-corrected chi connectivity index (χ3v) is 6.70. The van der Waals surface area contributed by atoms with Crippen molar-refractivity contribution in [3.8, 4) is 17.2 Å². The van der Waals surface area contributed by atoms with E-state index in [2.05, 4.69) is 108 Å². The van der Waals surface area contributed by atoms with E-state index in [9.17, 15) is 0 Å². The molecule has 0 atom stereocenters. The van der Waals surface area contributed by atoms with Gasteiger partial charge in [0.25, 0.3) is 0 Å². The summed E-state index contributed by atoms with van der Waals surface area (Å²) in [5.41, 5.74) is 6.48. The predicted molar refractivity (Wildman–Crippen MR) is 124 cm³/mol. The summed E-state index contributed by atoms with van der Waals surface area (Å²) in [6.45, 7) is 20.5. The third-order valence-electron chi connectivity index (χ3n) is 6.70. The van der Waals surface area contributed by atoms with Gasteiger partial charge in [-0.2, -0.15) is 0 Å². The van der Waals surface area contributed by atoms with Gasteiger partial charge in [-0.15, -0.1) is 0 Å². The highest BCUT2D eigenvalue weighted by Crippen LogP contribution is 2.41. The standard InChI is InChI=1S/C26H37N3/c1-17(2)19-11-10-12-20(18(3)4)23(19)29-16-15-27-24(29)21-13-14-22(28-21)26(8,9)25(5,6)7/h10-18,28H,1-9H3. The molecule has 0 aliphatic carbocycles. The van der Waals surface area contributed by atoms with E-state index in [0.29, 0.717) is 11.8 Å². The molecule has 2 aromatic heterocycles. The van der Waals surface area contributed by atoms with Crippen LogP contribution in [0.4, 0.5) is 0 Å². The number of aromatic amines is 1. The van der Waals surface area contributed by atoms with Crippen LogP contribution in [-0.2, 0) is 5.41 Å². The van der Waals surface area contributed by atoms with Crippen LogP contribution in [0.5, 0.6) is 0 Å². The molecule has 0 aliphatic heterocycles. The van der Waals surface area contributed by atoms with E-state index < -0.39 is 0 Å². The summed E-state index contributed by atoms with van der Waals surface area (Å²) in [6, 6.07) is 11.1. The minimum Gasteiger partial charge on any atom is -0.355 e. The molecule has 156 valence electrons. The van der Waals surface area contributed by atoms with Crippen LogP contribution < -0.4 is 0 Å². The number of benzene rings is 1.